The molecule has 7 heteroatoms. The number of nitrogens with one attached hydrogen (secondary N) is 1. The van der Waals surface area contributed by atoms with E-state index in [0.29, 0.717) is 0 Å². The molecule has 0 bridgehead atoms. The highest BCUT2D eigenvalue weighted by atomic mass is 16.5. The predicted molar refractivity (Wildman–Crippen MR) is 55.7 cm³/mol. The van der Waals surface area contributed by atoms with Crippen molar-refractivity contribution in [1.29, 1.82) is 0 Å². The van der Waals surface area contributed by atoms with Gasteiger partial charge < -0.3 is 26.0 Å². The van der Waals surface area contributed by atoms with Crippen LogP contribution in [0.4, 0.5) is 0 Å². The second-order valence-electron chi connectivity index (χ2n) is 3.85. The molecule has 0 aromatic rings. The molecule has 0 heterocycles. The third-order valence-electron chi connectivity index (χ3n) is 1.86. The van der Waals surface area contributed by atoms with E-state index in [2.05, 4.69) is 10.1 Å². The molecule has 0 radical (unpaired) electrons. The Kier molecular flexibility index (Phi) is 5.94. The first-order chi connectivity index (χ1) is 7.28. The highest BCUT2D eigenvalue weighted by molar-refractivity contribution is 5.81. The van der Waals surface area contributed by atoms with Gasteiger partial charge in [-0.25, -0.2) is 0 Å². The molecule has 16 heavy (non-hydrogen) atoms. The SMILES string of the molecule is COCC(N)C(=O)NCC(C)(O)CC(=O)O. The van der Waals surface area contributed by atoms with Crippen LogP contribution in [0.5, 0.6) is 0 Å². The van der Waals surface area contributed by atoms with Crippen molar-refractivity contribution in [2.24, 2.45) is 5.73 Å². The Hall–Kier alpha value is -1.18. The van der Waals surface area contributed by atoms with Crippen LogP contribution >= 0.6 is 0 Å². The van der Waals surface area contributed by atoms with Gasteiger partial charge in [-0.2, -0.15) is 0 Å². The van der Waals surface area contributed by atoms with Crippen molar-refractivity contribution >= 4 is 11.9 Å². The molecule has 1 amide bonds. The first kappa shape index (κ1) is 14.8. The van der Waals surface area contributed by atoms with E-state index in [9.17, 15) is 14.7 Å². The number of amides is 1. The monoisotopic (exact) mass is 234 g/mol. The Balaban J connectivity index is 4.03. The lowest BCUT2D eigenvalue weighted by Crippen LogP contribution is -2.49. The van der Waals surface area contributed by atoms with Crippen LogP contribution < -0.4 is 11.1 Å². The molecule has 0 saturated heterocycles. The maximum atomic E-state index is 11.3. The molecule has 2 unspecified atom stereocenters. The largest absolute Gasteiger partial charge is 0.481 e. The molecule has 2 atom stereocenters. The van der Waals surface area contributed by atoms with Gasteiger partial charge in [0.15, 0.2) is 0 Å². The Labute approximate surface area is 93.6 Å². The molecule has 0 aromatic carbocycles. The standard InChI is InChI=1S/C9H18N2O5/c1-9(15,3-7(12)13)5-11-8(14)6(10)4-16-2/h6,15H,3-5,10H2,1-2H3,(H,11,14)(H,12,13). The number of methoxy groups -OCH3 is 1. The van der Waals surface area contributed by atoms with Gasteiger partial charge in [0, 0.05) is 13.7 Å². The minimum Gasteiger partial charge on any atom is -0.481 e. The number of aliphatic carboxylic acids is 1. The van der Waals surface area contributed by atoms with Gasteiger partial charge in [-0.3, -0.25) is 9.59 Å². The summed E-state index contributed by atoms with van der Waals surface area (Å²) in [6.45, 7) is 1.21. The van der Waals surface area contributed by atoms with E-state index in [-0.39, 0.29) is 13.2 Å². The average molecular weight is 234 g/mol. The molecule has 0 rings (SSSR count). The average Bonchev–Trinajstić information content (AvgIpc) is 2.12. The molecule has 94 valence electrons. The summed E-state index contributed by atoms with van der Waals surface area (Å²) in [6, 6.07) is -0.828. The normalized spacial score (nSPS) is 16.2. The Bertz CT molecular complexity index is 254. The van der Waals surface area contributed by atoms with Crippen LogP contribution in [0.2, 0.25) is 0 Å². The fourth-order valence-corrected chi connectivity index (χ4v) is 1.05. The second-order valence-corrected chi connectivity index (χ2v) is 3.85. The number of rotatable bonds is 7. The fraction of sp³-hybridized carbons (Fsp3) is 0.778. The van der Waals surface area contributed by atoms with E-state index < -0.39 is 29.9 Å². The number of carbonyl (C=O) groups excluding carboxylic acids is 1. The molecular formula is C9H18N2O5. The van der Waals surface area contributed by atoms with E-state index in [1.54, 1.807) is 0 Å². The lowest BCUT2D eigenvalue weighted by atomic mass is 10.0. The topological polar surface area (TPSA) is 122 Å². The molecule has 0 aliphatic rings. The van der Waals surface area contributed by atoms with Gasteiger partial charge in [-0.15, -0.1) is 0 Å². The van der Waals surface area contributed by atoms with Gasteiger partial charge >= 0.3 is 5.97 Å². The zero-order valence-electron chi connectivity index (χ0n) is 9.40. The van der Waals surface area contributed by atoms with Gasteiger partial charge in [0.1, 0.15) is 6.04 Å². The third kappa shape index (κ3) is 6.33. The summed E-state index contributed by atoms with van der Waals surface area (Å²) in [5.74, 6) is -1.63. The molecule has 0 aromatic heterocycles. The lowest BCUT2D eigenvalue weighted by molar-refractivity contribution is -0.142. The quantitative estimate of drug-likeness (QED) is 0.416. The van der Waals surface area contributed by atoms with E-state index in [1.165, 1.54) is 14.0 Å². The van der Waals surface area contributed by atoms with Gasteiger partial charge in [0.25, 0.3) is 0 Å². The Morgan fingerprint density at radius 2 is 2.12 bits per heavy atom. The van der Waals surface area contributed by atoms with Crippen LogP contribution in [0.1, 0.15) is 13.3 Å². The van der Waals surface area contributed by atoms with Crippen molar-refractivity contribution in [2.45, 2.75) is 25.0 Å². The molecule has 0 spiro atoms. The molecule has 0 fully saturated rings. The van der Waals surface area contributed by atoms with Crippen LogP contribution in [-0.4, -0.2) is 54.0 Å². The van der Waals surface area contributed by atoms with Crippen LogP contribution in [0.15, 0.2) is 0 Å². The third-order valence-corrected chi connectivity index (χ3v) is 1.86. The van der Waals surface area contributed by atoms with Crippen molar-refractivity contribution < 1.29 is 24.5 Å². The number of ether oxygens (including phenoxy) is 1. The smallest absolute Gasteiger partial charge is 0.306 e. The summed E-state index contributed by atoms with van der Waals surface area (Å²) in [7, 11) is 1.41. The van der Waals surface area contributed by atoms with E-state index in [4.69, 9.17) is 10.8 Å². The van der Waals surface area contributed by atoms with E-state index in [1.807, 2.05) is 0 Å². The predicted octanol–water partition coefficient (Wildman–Crippen LogP) is -1.70. The van der Waals surface area contributed by atoms with E-state index in [0.717, 1.165) is 0 Å². The number of aliphatic hydroxyl groups is 1. The number of carboxylic acid groups (broad SMARTS) is 1. The number of hydrogen-bond acceptors (Lipinski definition) is 5. The number of carbonyl (C=O) groups is 2. The van der Waals surface area contributed by atoms with Gasteiger partial charge in [-0.05, 0) is 6.92 Å². The van der Waals surface area contributed by atoms with E-state index >= 15 is 0 Å². The van der Waals surface area contributed by atoms with Gasteiger partial charge in [-0.1, -0.05) is 0 Å². The highest BCUT2D eigenvalue weighted by Gasteiger charge is 2.25. The maximum absolute atomic E-state index is 11.3. The summed E-state index contributed by atoms with van der Waals surface area (Å²) in [6.07, 6.45) is -0.452. The number of hydrogen-bond donors (Lipinski definition) is 4. The fourth-order valence-electron chi connectivity index (χ4n) is 1.05. The zero-order chi connectivity index (χ0) is 12.8. The van der Waals surface area contributed by atoms with Crippen LogP contribution in [0.25, 0.3) is 0 Å². The van der Waals surface area contributed by atoms with Crippen LogP contribution in [0.3, 0.4) is 0 Å². The molecule has 5 N–H and O–H groups in total. The van der Waals surface area contributed by atoms with Crippen molar-refractivity contribution in [3.8, 4) is 0 Å². The molecular weight excluding hydrogens is 216 g/mol. The first-order valence-electron chi connectivity index (χ1n) is 4.75. The molecule has 7 nitrogen and oxygen atoms in total. The second kappa shape index (κ2) is 6.41. The Morgan fingerprint density at radius 1 is 1.56 bits per heavy atom. The minimum absolute atomic E-state index is 0.0624. The molecule has 0 saturated carbocycles. The first-order valence-corrected chi connectivity index (χ1v) is 4.75. The van der Waals surface area contributed by atoms with Gasteiger partial charge in [0.2, 0.25) is 5.91 Å². The Morgan fingerprint density at radius 3 is 2.56 bits per heavy atom. The summed E-state index contributed by atoms with van der Waals surface area (Å²) in [5.41, 5.74) is 3.93. The summed E-state index contributed by atoms with van der Waals surface area (Å²) < 4.78 is 4.68. The van der Waals surface area contributed by atoms with Crippen molar-refractivity contribution in [3.63, 3.8) is 0 Å². The van der Waals surface area contributed by atoms with Gasteiger partial charge in [0.05, 0.1) is 18.6 Å². The summed E-state index contributed by atoms with van der Waals surface area (Å²) >= 11 is 0. The molecule has 0 aliphatic heterocycles. The summed E-state index contributed by atoms with van der Waals surface area (Å²) in [4.78, 5) is 21.7. The molecule has 0 aliphatic carbocycles. The van der Waals surface area contributed by atoms with Crippen LogP contribution in [-0.2, 0) is 14.3 Å². The van der Waals surface area contributed by atoms with Crippen molar-refractivity contribution in [1.82, 2.24) is 5.32 Å². The van der Waals surface area contributed by atoms with Crippen LogP contribution in [0, 0.1) is 0 Å². The minimum atomic E-state index is -1.49. The van der Waals surface area contributed by atoms with Crippen molar-refractivity contribution in [3.05, 3.63) is 0 Å². The number of nitrogens with two attached hydrogens (primary N) is 1. The zero-order valence-corrected chi connectivity index (χ0v) is 9.40. The van der Waals surface area contributed by atoms with Crippen molar-refractivity contribution in [2.75, 3.05) is 20.3 Å². The summed E-state index contributed by atoms with van der Waals surface area (Å²) in [5, 5.41) is 20.4. The maximum Gasteiger partial charge on any atom is 0.306 e. The lowest BCUT2D eigenvalue weighted by Gasteiger charge is -2.22. The highest BCUT2D eigenvalue weighted by Crippen LogP contribution is 2.07. The number of carboxylic acids is 1.